The van der Waals surface area contributed by atoms with Crippen molar-refractivity contribution in [2.75, 3.05) is 27.9 Å². The number of carbonyl (C=O) groups excluding carboxylic acids is 3. The van der Waals surface area contributed by atoms with Crippen LogP contribution in [0.4, 0.5) is 0 Å². The highest BCUT2D eigenvalue weighted by molar-refractivity contribution is 6.12. The molecule has 0 bridgehead atoms. The van der Waals surface area contributed by atoms with Crippen LogP contribution in [-0.2, 0) is 23.9 Å². The molecule has 0 fully saturated rings. The summed E-state index contributed by atoms with van der Waals surface area (Å²) in [6, 6.07) is 5.29. The van der Waals surface area contributed by atoms with Crippen molar-refractivity contribution in [1.82, 2.24) is 5.32 Å². The summed E-state index contributed by atoms with van der Waals surface area (Å²) in [6.07, 6.45) is 0.455. The third-order valence-electron chi connectivity index (χ3n) is 5.98. The molecule has 1 aliphatic heterocycles. The molecule has 0 amide bonds. The van der Waals surface area contributed by atoms with Crippen molar-refractivity contribution < 1.29 is 33.3 Å². The molecule has 172 valence electrons. The van der Waals surface area contributed by atoms with Gasteiger partial charge in [0.15, 0.2) is 17.3 Å². The lowest BCUT2D eigenvalue weighted by molar-refractivity contribution is -0.151. The number of allylic oxidation sites excluding steroid dienone is 3. The van der Waals surface area contributed by atoms with Gasteiger partial charge in [-0.15, -0.1) is 0 Å². The first-order valence-electron chi connectivity index (χ1n) is 10.5. The van der Waals surface area contributed by atoms with Crippen molar-refractivity contribution in [3.05, 3.63) is 46.3 Å². The number of hydrogen-bond donors (Lipinski definition) is 1. The number of para-hydroxylation sites is 1. The van der Waals surface area contributed by atoms with Gasteiger partial charge in [0.1, 0.15) is 5.92 Å². The Kier molecular flexibility index (Phi) is 6.91. The molecule has 0 unspecified atom stereocenters. The monoisotopic (exact) mass is 443 g/mol. The SMILES string of the molecule is CCOC(=O)C1=C(C)NC2=C(C(=O)[C@H](C(=O)OC)[C@H](C)C2)[C@@H]1c1cccc(OC)c1OC. The Hall–Kier alpha value is -3.29. The maximum absolute atomic E-state index is 13.7. The van der Waals surface area contributed by atoms with Crippen molar-refractivity contribution in [2.45, 2.75) is 33.1 Å². The zero-order valence-electron chi connectivity index (χ0n) is 19.2. The van der Waals surface area contributed by atoms with Gasteiger partial charge in [0.05, 0.1) is 39.4 Å². The zero-order chi connectivity index (χ0) is 23.6. The van der Waals surface area contributed by atoms with Gasteiger partial charge in [-0.05, 0) is 32.3 Å². The van der Waals surface area contributed by atoms with Crippen molar-refractivity contribution in [3.63, 3.8) is 0 Å². The lowest BCUT2D eigenvalue weighted by Crippen LogP contribution is -2.43. The quantitative estimate of drug-likeness (QED) is 0.529. The Balaban J connectivity index is 2.28. The summed E-state index contributed by atoms with van der Waals surface area (Å²) in [5.74, 6) is -2.64. The fraction of sp³-hybridized carbons (Fsp3) is 0.458. The Bertz CT molecular complexity index is 1010. The predicted molar refractivity (Wildman–Crippen MR) is 116 cm³/mol. The fourth-order valence-corrected chi connectivity index (χ4v) is 4.61. The molecule has 0 spiro atoms. The molecular weight excluding hydrogens is 414 g/mol. The van der Waals surface area contributed by atoms with Crippen LogP contribution in [0.2, 0.25) is 0 Å². The zero-order valence-corrected chi connectivity index (χ0v) is 19.2. The van der Waals surface area contributed by atoms with Gasteiger partial charge in [-0.3, -0.25) is 9.59 Å². The summed E-state index contributed by atoms with van der Waals surface area (Å²) in [5, 5.41) is 3.23. The first-order valence-corrected chi connectivity index (χ1v) is 10.5. The maximum atomic E-state index is 13.7. The van der Waals surface area contributed by atoms with E-state index in [9.17, 15) is 14.4 Å². The number of Topliss-reactive ketones (excluding diaryl/α,β-unsaturated/α-hetero) is 1. The lowest BCUT2D eigenvalue weighted by atomic mass is 9.69. The highest BCUT2D eigenvalue weighted by atomic mass is 16.5. The van der Waals surface area contributed by atoms with Crippen molar-refractivity contribution >= 4 is 17.7 Å². The number of carbonyl (C=O) groups is 3. The van der Waals surface area contributed by atoms with E-state index in [1.54, 1.807) is 32.0 Å². The number of ether oxygens (including phenoxy) is 4. The molecule has 1 aliphatic carbocycles. The Labute approximate surface area is 187 Å². The van der Waals surface area contributed by atoms with Crippen molar-refractivity contribution in [1.29, 1.82) is 0 Å². The number of hydrogen-bond acceptors (Lipinski definition) is 8. The van der Waals surface area contributed by atoms with Gasteiger partial charge in [-0.2, -0.15) is 0 Å². The second-order valence-electron chi connectivity index (χ2n) is 7.84. The van der Waals surface area contributed by atoms with Gasteiger partial charge in [0, 0.05) is 22.5 Å². The van der Waals surface area contributed by atoms with E-state index in [2.05, 4.69) is 5.32 Å². The average molecular weight is 443 g/mol. The highest BCUT2D eigenvalue weighted by Gasteiger charge is 2.48. The fourth-order valence-electron chi connectivity index (χ4n) is 4.61. The second kappa shape index (κ2) is 9.46. The van der Waals surface area contributed by atoms with Crippen LogP contribution in [0, 0.1) is 11.8 Å². The number of methoxy groups -OCH3 is 3. The molecule has 2 aliphatic rings. The Morgan fingerprint density at radius 1 is 1.16 bits per heavy atom. The molecule has 3 rings (SSSR count). The van der Waals surface area contributed by atoms with Crippen molar-refractivity contribution in [3.8, 4) is 11.5 Å². The molecule has 32 heavy (non-hydrogen) atoms. The summed E-state index contributed by atoms with van der Waals surface area (Å²) in [7, 11) is 4.28. The minimum atomic E-state index is -0.957. The molecular formula is C24H29NO7. The lowest BCUT2D eigenvalue weighted by Gasteiger charge is -2.38. The maximum Gasteiger partial charge on any atom is 0.336 e. The number of ketones is 1. The van der Waals surface area contributed by atoms with Crippen LogP contribution in [0.25, 0.3) is 0 Å². The molecule has 0 radical (unpaired) electrons. The van der Waals surface area contributed by atoms with Crippen molar-refractivity contribution in [2.24, 2.45) is 11.8 Å². The average Bonchev–Trinajstić information content (AvgIpc) is 2.77. The molecule has 1 N–H and O–H groups in total. The van der Waals surface area contributed by atoms with E-state index in [-0.39, 0.29) is 18.3 Å². The third-order valence-corrected chi connectivity index (χ3v) is 5.98. The Morgan fingerprint density at radius 2 is 1.88 bits per heavy atom. The van der Waals surface area contributed by atoms with E-state index in [1.807, 2.05) is 6.92 Å². The van der Waals surface area contributed by atoms with E-state index in [4.69, 9.17) is 18.9 Å². The number of dihydropyridines is 1. The molecule has 3 atom stereocenters. The minimum Gasteiger partial charge on any atom is -0.493 e. The third kappa shape index (κ3) is 3.85. The van der Waals surface area contributed by atoms with Gasteiger partial charge in [0.25, 0.3) is 0 Å². The molecule has 0 saturated carbocycles. The number of esters is 2. The van der Waals surface area contributed by atoms with Crippen LogP contribution in [0.1, 0.15) is 38.7 Å². The predicted octanol–water partition coefficient (Wildman–Crippen LogP) is 2.88. The molecule has 1 aromatic carbocycles. The van der Waals surface area contributed by atoms with Crippen LogP contribution < -0.4 is 14.8 Å². The Morgan fingerprint density at radius 3 is 2.47 bits per heavy atom. The minimum absolute atomic E-state index is 0.180. The molecule has 1 aromatic rings. The summed E-state index contributed by atoms with van der Waals surface area (Å²) in [4.78, 5) is 39.2. The molecule has 0 aromatic heterocycles. The number of rotatable bonds is 6. The van der Waals surface area contributed by atoms with Crippen LogP contribution in [-0.4, -0.2) is 45.7 Å². The molecule has 8 heteroatoms. The highest BCUT2D eigenvalue weighted by Crippen LogP contribution is 2.49. The van der Waals surface area contributed by atoms with Crippen LogP contribution >= 0.6 is 0 Å². The van der Waals surface area contributed by atoms with E-state index >= 15 is 0 Å². The molecule has 8 nitrogen and oxygen atoms in total. The summed E-state index contributed by atoms with van der Waals surface area (Å²) in [5.41, 5.74) is 2.49. The van der Waals surface area contributed by atoms with Gasteiger partial charge < -0.3 is 24.3 Å². The van der Waals surface area contributed by atoms with Gasteiger partial charge >= 0.3 is 11.9 Å². The summed E-state index contributed by atoms with van der Waals surface area (Å²) in [6.45, 7) is 5.51. The normalized spacial score (nSPS) is 22.7. The van der Waals surface area contributed by atoms with Crippen LogP contribution in [0.15, 0.2) is 40.7 Å². The summed E-state index contributed by atoms with van der Waals surface area (Å²) < 4.78 is 21.3. The smallest absolute Gasteiger partial charge is 0.336 e. The molecule has 0 saturated heterocycles. The first kappa shape index (κ1) is 23.4. The second-order valence-corrected chi connectivity index (χ2v) is 7.84. The number of benzene rings is 1. The van der Waals surface area contributed by atoms with Gasteiger partial charge in [-0.1, -0.05) is 19.1 Å². The first-order chi connectivity index (χ1) is 15.3. The number of nitrogens with one attached hydrogen (secondary N) is 1. The van der Waals surface area contributed by atoms with E-state index in [0.29, 0.717) is 46.0 Å². The van der Waals surface area contributed by atoms with Crippen LogP contribution in [0.5, 0.6) is 11.5 Å². The van der Waals surface area contributed by atoms with Crippen LogP contribution in [0.3, 0.4) is 0 Å². The standard InChI is InChI=1S/C24H29NO7/c1-7-32-24(28)18-13(3)25-15-11-12(2)17(23(27)31-6)21(26)20(15)19(18)14-9-8-10-16(29-4)22(14)30-5/h8-10,12,17,19,25H,7,11H2,1-6H3/t12-,17-,19-/m1/s1. The summed E-state index contributed by atoms with van der Waals surface area (Å²) >= 11 is 0. The van der Waals surface area contributed by atoms with E-state index in [0.717, 1.165) is 0 Å². The van der Waals surface area contributed by atoms with Gasteiger partial charge in [0.2, 0.25) is 0 Å². The molecule has 1 heterocycles. The van der Waals surface area contributed by atoms with E-state index in [1.165, 1.54) is 21.3 Å². The van der Waals surface area contributed by atoms with E-state index < -0.39 is 23.8 Å². The topological polar surface area (TPSA) is 100 Å². The largest absolute Gasteiger partial charge is 0.493 e. The van der Waals surface area contributed by atoms with Gasteiger partial charge in [-0.25, -0.2) is 4.79 Å².